The van der Waals surface area contributed by atoms with Crippen molar-refractivity contribution in [2.75, 3.05) is 13.1 Å². The molecule has 0 aliphatic carbocycles. The molecular formula is C31H42N4O5. The van der Waals surface area contributed by atoms with E-state index in [9.17, 15) is 15.0 Å². The molecule has 1 fully saturated rings. The van der Waals surface area contributed by atoms with Gasteiger partial charge in [-0.2, -0.15) is 4.98 Å². The molecule has 1 saturated heterocycles. The van der Waals surface area contributed by atoms with Crippen LogP contribution < -0.4 is 0 Å². The maximum absolute atomic E-state index is 12.8. The first-order valence-corrected chi connectivity index (χ1v) is 13.7. The lowest BCUT2D eigenvalue weighted by atomic mass is 9.62. The summed E-state index contributed by atoms with van der Waals surface area (Å²) in [7, 11) is 0. The number of benzene rings is 1. The van der Waals surface area contributed by atoms with E-state index in [4.69, 9.17) is 9.26 Å². The van der Waals surface area contributed by atoms with Crippen molar-refractivity contribution in [1.29, 1.82) is 0 Å². The van der Waals surface area contributed by atoms with Crippen molar-refractivity contribution >= 4 is 6.09 Å². The van der Waals surface area contributed by atoms with E-state index in [1.807, 2.05) is 39.8 Å². The van der Waals surface area contributed by atoms with Crippen LogP contribution in [0.25, 0.3) is 11.4 Å². The van der Waals surface area contributed by atoms with Gasteiger partial charge in [-0.05, 0) is 63.6 Å². The molecule has 1 aromatic carbocycles. The predicted molar refractivity (Wildman–Crippen MR) is 151 cm³/mol. The zero-order valence-corrected chi connectivity index (χ0v) is 25.1. The van der Waals surface area contributed by atoms with Crippen LogP contribution in [0.5, 0.6) is 0 Å². The molecule has 0 saturated carbocycles. The first-order chi connectivity index (χ1) is 18.4. The smallest absolute Gasteiger partial charge is 0.410 e. The molecule has 4 rings (SSSR count). The fourth-order valence-electron chi connectivity index (χ4n) is 5.06. The number of carbonyl (C=O) groups is 1. The molecule has 1 atom stereocenters. The second-order valence-electron chi connectivity index (χ2n) is 13.4. The van der Waals surface area contributed by atoms with Crippen LogP contribution in [-0.2, 0) is 21.4 Å². The zero-order chi connectivity index (χ0) is 29.7. The highest BCUT2D eigenvalue weighted by atomic mass is 16.6. The van der Waals surface area contributed by atoms with E-state index in [1.54, 1.807) is 37.2 Å². The average Bonchev–Trinajstić information content (AvgIpc) is 3.37. The van der Waals surface area contributed by atoms with E-state index in [0.717, 1.165) is 6.42 Å². The third-order valence-electron chi connectivity index (χ3n) is 7.94. The number of aromatic nitrogens is 3. The second kappa shape index (κ2) is 9.96. The number of ether oxygens (including phenoxy) is 1. The number of likely N-dealkylation sites (tertiary alicyclic amines) is 1. The largest absolute Gasteiger partial charge is 0.444 e. The zero-order valence-electron chi connectivity index (χ0n) is 25.1. The lowest BCUT2D eigenvalue weighted by Crippen LogP contribution is -2.66. The number of aliphatic hydroxyl groups is 2. The molecule has 0 radical (unpaired) electrons. The highest BCUT2D eigenvalue weighted by Gasteiger charge is 2.58. The number of rotatable bonds is 7. The molecule has 216 valence electrons. The average molecular weight is 551 g/mol. The summed E-state index contributed by atoms with van der Waals surface area (Å²) in [4.78, 5) is 23.2. The summed E-state index contributed by atoms with van der Waals surface area (Å²) >= 11 is 0. The van der Waals surface area contributed by atoms with Gasteiger partial charge in [-0.15, -0.1) is 0 Å². The van der Waals surface area contributed by atoms with E-state index in [2.05, 4.69) is 48.0 Å². The van der Waals surface area contributed by atoms with E-state index in [1.165, 1.54) is 5.56 Å². The van der Waals surface area contributed by atoms with E-state index >= 15 is 0 Å². The Morgan fingerprint density at radius 3 is 2.12 bits per heavy atom. The van der Waals surface area contributed by atoms with Crippen LogP contribution in [0, 0.1) is 5.41 Å². The Balaban J connectivity index is 1.77. The standard InChI is InChI=1S/C31H42N4O5/c1-10-28(5,6)21-11-13-22(14-12-21)31(38,30(9)18-35(19-30)26(36)39-27(2,3)4)23-15-20(16-32-17-23)24-33-25(40-34-24)29(7,8)37/h11-17,37-38H,10,18-19H2,1-9H3/t31-/m0/s1. The Kier molecular flexibility index (Phi) is 7.39. The van der Waals surface area contributed by atoms with Crippen molar-refractivity contribution in [2.45, 2.75) is 91.0 Å². The van der Waals surface area contributed by atoms with Gasteiger partial charge in [-0.1, -0.05) is 57.1 Å². The third kappa shape index (κ3) is 5.49. The molecule has 40 heavy (non-hydrogen) atoms. The van der Waals surface area contributed by atoms with E-state index < -0.39 is 28.3 Å². The number of hydrogen-bond donors (Lipinski definition) is 2. The van der Waals surface area contributed by atoms with Gasteiger partial charge in [0, 0.05) is 42.0 Å². The fraction of sp³-hybridized carbons (Fsp3) is 0.548. The quantitative estimate of drug-likeness (QED) is 0.393. The molecule has 9 heteroatoms. The minimum atomic E-state index is -1.51. The molecule has 0 spiro atoms. The molecule has 0 unspecified atom stereocenters. The Hall–Kier alpha value is -3.30. The molecule has 2 N–H and O–H groups in total. The minimum absolute atomic E-state index is 0.0111. The van der Waals surface area contributed by atoms with Gasteiger partial charge in [0.2, 0.25) is 5.82 Å². The first kappa shape index (κ1) is 29.7. The monoisotopic (exact) mass is 550 g/mol. The van der Waals surface area contributed by atoms with Crippen LogP contribution >= 0.6 is 0 Å². The summed E-state index contributed by atoms with van der Waals surface area (Å²) in [6.07, 6.45) is 3.78. The normalized spacial score (nSPS) is 17.2. The molecule has 0 bridgehead atoms. The number of carbonyl (C=O) groups excluding carboxylic acids is 1. The Morgan fingerprint density at radius 1 is 1.00 bits per heavy atom. The van der Waals surface area contributed by atoms with Gasteiger partial charge in [0.25, 0.3) is 5.89 Å². The molecule has 1 amide bonds. The SMILES string of the molecule is CCC(C)(C)c1ccc([C@](O)(c2cncc(-c3noc(C(C)(C)O)n3)c2)C2(C)CN(C(=O)OC(C)(C)C)C2)cc1. The molecule has 1 aliphatic heterocycles. The summed E-state index contributed by atoms with van der Waals surface area (Å²) in [6.45, 7) is 17.7. The van der Waals surface area contributed by atoms with Gasteiger partial charge in [0.15, 0.2) is 0 Å². The van der Waals surface area contributed by atoms with Gasteiger partial charge in [-0.25, -0.2) is 4.79 Å². The topological polar surface area (TPSA) is 122 Å². The lowest BCUT2D eigenvalue weighted by molar-refractivity contribution is -0.131. The molecular weight excluding hydrogens is 508 g/mol. The Bertz CT molecular complexity index is 1360. The van der Waals surface area contributed by atoms with Gasteiger partial charge in [0.1, 0.15) is 16.8 Å². The molecule has 9 nitrogen and oxygen atoms in total. The Morgan fingerprint density at radius 2 is 1.60 bits per heavy atom. The number of nitrogens with zero attached hydrogens (tertiary/aromatic N) is 4. The van der Waals surface area contributed by atoms with Crippen LogP contribution in [0.15, 0.2) is 47.2 Å². The highest BCUT2D eigenvalue weighted by molar-refractivity contribution is 5.70. The summed E-state index contributed by atoms with van der Waals surface area (Å²) in [5, 5.41) is 27.0. The second-order valence-corrected chi connectivity index (χ2v) is 13.4. The predicted octanol–water partition coefficient (Wildman–Crippen LogP) is 5.54. The summed E-state index contributed by atoms with van der Waals surface area (Å²) in [5.41, 5.74) is -1.25. The van der Waals surface area contributed by atoms with Gasteiger partial charge in [0.05, 0.1) is 0 Å². The van der Waals surface area contributed by atoms with Crippen molar-refractivity contribution in [3.05, 3.63) is 65.3 Å². The van der Waals surface area contributed by atoms with E-state index in [-0.39, 0.29) is 30.2 Å². The van der Waals surface area contributed by atoms with Gasteiger partial charge >= 0.3 is 6.09 Å². The van der Waals surface area contributed by atoms with Crippen LogP contribution in [0.3, 0.4) is 0 Å². The van der Waals surface area contributed by atoms with Crippen molar-refractivity contribution in [2.24, 2.45) is 5.41 Å². The molecule has 3 heterocycles. The number of pyridine rings is 1. The van der Waals surface area contributed by atoms with Crippen molar-refractivity contribution in [3.63, 3.8) is 0 Å². The summed E-state index contributed by atoms with van der Waals surface area (Å²) in [6, 6.07) is 9.83. The third-order valence-corrected chi connectivity index (χ3v) is 7.94. The van der Waals surface area contributed by atoms with Crippen molar-refractivity contribution in [1.82, 2.24) is 20.0 Å². The maximum atomic E-state index is 12.8. The lowest BCUT2D eigenvalue weighted by Gasteiger charge is -2.56. The maximum Gasteiger partial charge on any atom is 0.410 e. The van der Waals surface area contributed by atoms with Gasteiger partial charge in [-0.3, -0.25) is 4.98 Å². The van der Waals surface area contributed by atoms with E-state index in [0.29, 0.717) is 16.7 Å². The van der Waals surface area contributed by atoms with Gasteiger partial charge < -0.3 is 24.4 Å². The summed E-state index contributed by atoms with van der Waals surface area (Å²) in [5.74, 6) is 0.333. The van der Waals surface area contributed by atoms with Crippen LogP contribution in [0.4, 0.5) is 4.79 Å². The number of hydrogen-bond acceptors (Lipinski definition) is 8. The molecule has 1 aliphatic rings. The molecule has 3 aromatic rings. The van der Waals surface area contributed by atoms with Crippen LogP contribution in [-0.4, -0.2) is 55.0 Å². The summed E-state index contributed by atoms with van der Waals surface area (Å²) < 4.78 is 10.8. The molecule has 2 aromatic heterocycles. The minimum Gasteiger partial charge on any atom is -0.444 e. The van der Waals surface area contributed by atoms with Crippen molar-refractivity contribution in [3.8, 4) is 11.4 Å². The fourth-order valence-corrected chi connectivity index (χ4v) is 5.06. The number of amides is 1. The van der Waals surface area contributed by atoms with Crippen LogP contribution in [0.2, 0.25) is 0 Å². The first-order valence-electron chi connectivity index (χ1n) is 13.7. The Labute approximate surface area is 236 Å². The van der Waals surface area contributed by atoms with Crippen molar-refractivity contribution < 1.29 is 24.3 Å². The van der Waals surface area contributed by atoms with Crippen LogP contribution in [0.1, 0.15) is 91.3 Å². The highest BCUT2D eigenvalue weighted by Crippen LogP contribution is 2.51.